The molecule has 0 saturated carbocycles. The molecule has 2 atom stereocenters. The van der Waals surface area contributed by atoms with Crippen molar-refractivity contribution in [3.63, 3.8) is 0 Å². The fourth-order valence-electron chi connectivity index (χ4n) is 2.98. The summed E-state index contributed by atoms with van der Waals surface area (Å²) in [7, 11) is 0. The Kier molecular flexibility index (Phi) is 5.37. The van der Waals surface area contributed by atoms with Gasteiger partial charge in [0.25, 0.3) is 0 Å². The van der Waals surface area contributed by atoms with Crippen molar-refractivity contribution >= 4 is 17.6 Å². The normalized spacial score (nSPS) is 22.5. The van der Waals surface area contributed by atoms with Crippen molar-refractivity contribution in [2.24, 2.45) is 0 Å². The number of hydrogen-bond donors (Lipinski definition) is 4. The number of anilines is 1. The maximum Gasteiger partial charge on any atom is 0.325 e. The van der Waals surface area contributed by atoms with Crippen molar-refractivity contribution < 1.29 is 29.3 Å². The van der Waals surface area contributed by atoms with Gasteiger partial charge in [0.15, 0.2) is 11.5 Å². The lowest BCUT2D eigenvalue weighted by Gasteiger charge is -2.21. The van der Waals surface area contributed by atoms with E-state index in [4.69, 9.17) is 9.47 Å². The number of benzene rings is 1. The molecule has 3 rings (SSSR count). The van der Waals surface area contributed by atoms with Crippen LogP contribution in [-0.2, 0) is 4.79 Å². The molecule has 2 aliphatic rings. The van der Waals surface area contributed by atoms with Crippen LogP contribution in [0.15, 0.2) is 18.2 Å². The Morgan fingerprint density at radius 3 is 2.76 bits per heavy atom. The van der Waals surface area contributed by atoms with Gasteiger partial charge in [-0.25, -0.2) is 4.79 Å². The standard InChI is InChI=1S/C16H21N3O6/c20-9-11-6-12(21)7-19(11)8-15(22)18-16(23)17-10-1-2-13-14(5-10)25-4-3-24-13/h1-2,5,11-12,20-21H,3-4,6-9H2,(H2,17,18,22,23). The fourth-order valence-corrected chi connectivity index (χ4v) is 2.98. The Morgan fingerprint density at radius 2 is 2.00 bits per heavy atom. The van der Waals surface area contributed by atoms with Gasteiger partial charge >= 0.3 is 6.03 Å². The number of amides is 3. The Balaban J connectivity index is 1.51. The summed E-state index contributed by atoms with van der Waals surface area (Å²) in [5.74, 6) is 0.630. The van der Waals surface area contributed by atoms with Crippen LogP contribution in [0.25, 0.3) is 0 Å². The molecule has 9 nitrogen and oxygen atoms in total. The Hall–Kier alpha value is -2.36. The number of aliphatic hydroxyl groups is 2. The molecule has 0 radical (unpaired) electrons. The molecule has 2 aliphatic heterocycles. The van der Waals surface area contributed by atoms with E-state index >= 15 is 0 Å². The van der Waals surface area contributed by atoms with Crippen LogP contribution in [0.3, 0.4) is 0 Å². The highest BCUT2D eigenvalue weighted by atomic mass is 16.6. The summed E-state index contributed by atoms with van der Waals surface area (Å²) in [6, 6.07) is 4.01. The van der Waals surface area contributed by atoms with E-state index in [9.17, 15) is 19.8 Å². The molecule has 2 heterocycles. The van der Waals surface area contributed by atoms with E-state index in [1.165, 1.54) is 0 Å². The summed E-state index contributed by atoms with van der Waals surface area (Å²) in [6.45, 7) is 0.997. The highest BCUT2D eigenvalue weighted by Gasteiger charge is 2.31. The molecule has 0 aliphatic carbocycles. The SMILES string of the molecule is O=C(CN1CC(O)CC1CO)NC(=O)Nc1ccc2c(c1)OCCO2. The predicted octanol–water partition coefficient (Wildman–Crippen LogP) is -0.467. The monoisotopic (exact) mass is 351 g/mol. The van der Waals surface area contributed by atoms with Gasteiger partial charge in [-0.2, -0.15) is 0 Å². The molecule has 1 fully saturated rings. The summed E-state index contributed by atoms with van der Waals surface area (Å²) >= 11 is 0. The Labute approximate surface area is 144 Å². The molecule has 1 aromatic rings. The summed E-state index contributed by atoms with van der Waals surface area (Å²) in [5.41, 5.74) is 0.472. The summed E-state index contributed by atoms with van der Waals surface area (Å²) in [6.07, 6.45) is -0.163. The van der Waals surface area contributed by atoms with E-state index in [1.54, 1.807) is 23.1 Å². The maximum absolute atomic E-state index is 12.0. The third-order valence-corrected chi connectivity index (χ3v) is 4.12. The van der Waals surface area contributed by atoms with E-state index < -0.39 is 18.0 Å². The number of likely N-dealkylation sites (tertiary alicyclic amines) is 1. The smallest absolute Gasteiger partial charge is 0.325 e. The molecule has 9 heteroatoms. The number of hydrogen-bond acceptors (Lipinski definition) is 7. The van der Waals surface area contributed by atoms with Gasteiger partial charge in [0.2, 0.25) is 5.91 Å². The molecule has 3 amide bonds. The van der Waals surface area contributed by atoms with E-state index in [-0.39, 0.29) is 19.2 Å². The van der Waals surface area contributed by atoms with Gasteiger partial charge in [-0.05, 0) is 18.6 Å². The summed E-state index contributed by atoms with van der Waals surface area (Å²) in [4.78, 5) is 25.6. The van der Waals surface area contributed by atoms with Crippen molar-refractivity contribution in [1.29, 1.82) is 0 Å². The third kappa shape index (κ3) is 4.38. The number of nitrogens with zero attached hydrogens (tertiary/aromatic N) is 1. The van der Waals surface area contributed by atoms with Crippen LogP contribution < -0.4 is 20.1 Å². The highest BCUT2D eigenvalue weighted by molar-refractivity contribution is 6.01. The van der Waals surface area contributed by atoms with Crippen molar-refractivity contribution in [1.82, 2.24) is 10.2 Å². The van der Waals surface area contributed by atoms with Gasteiger partial charge in [-0.15, -0.1) is 0 Å². The molecule has 0 aromatic heterocycles. The number of carbonyl (C=O) groups excluding carboxylic acids is 2. The first kappa shape index (κ1) is 17.5. The van der Waals surface area contributed by atoms with Crippen molar-refractivity contribution in [2.75, 3.05) is 38.2 Å². The number of rotatable bonds is 4. The molecule has 2 unspecified atom stereocenters. The van der Waals surface area contributed by atoms with Gasteiger partial charge in [-0.1, -0.05) is 0 Å². The second-order valence-corrected chi connectivity index (χ2v) is 6.02. The minimum absolute atomic E-state index is 0.0726. The lowest BCUT2D eigenvalue weighted by atomic mass is 10.2. The molecule has 0 spiro atoms. The zero-order chi connectivity index (χ0) is 17.8. The average molecular weight is 351 g/mol. The Morgan fingerprint density at radius 1 is 1.24 bits per heavy atom. The van der Waals surface area contributed by atoms with Crippen molar-refractivity contribution in [3.8, 4) is 11.5 Å². The van der Waals surface area contributed by atoms with Crippen LogP contribution >= 0.6 is 0 Å². The van der Waals surface area contributed by atoms with Gasteiger partial charge in [0, 0.05) is 24.3 Å². The number of β-amino-alcohol motifs (C(OH)–C–C–N with tert-alkyl or cyclic N) is 1. The Bertz CT molecular complexity index is 653. The van der Waals surface area contributed by atoms with Crippen LogP contribution in [0.5, 0.6) is 11.5 Å². The molecule has 25 heavy (non-hydrogen) atoms. The molecule has 136 valence electrons. The highest BCUT2D eigenvalue weighted by Crippen LogP contribution is 2.32. The quantitative estimate of drug-likeness (QED) is 0.579. The minimum atomic E-state index is -0.665. The first-order valence-corrected chi connectivity index (χ1v) is 8.08. The number of aliphatic hydroxyl groups excluding tert-OH is 2. The van der Waals surface area contributed by atoms with Crippen LogP contribution in [0.1, 0.15) is 6.42 Å². The van der Waals surface area contributed by atoms with Gasteiger partial charge in [0.1, 0.15) is 13.2 Å². The molecule has 0 bridgehead atoms. The van der Waals surface area contributed by atoms with Crippen LogP contribution in [0.4, 0.5) is 10.5 Å². The number of imide groups is 1. The lowest BCUT2D eigenvalue weighted by Crippen LogP contribution is -2.44. The van der Waals surface area contributed by atoms with Crippen LogP contribution in [0, 0.1) is 0 Å². The molecule has 1 saturated heterocycles. The molecular formula is C16H21N3O6. The average Bonchev–Trinajstić information content (AvgIpc) is 2.93. The van der Waals surface area contributed by atoms with E-state index in [2.05, 4.69) is 10.6 Å². The van der Waals surface area contributed by atoms with E-state index in [0.29, 0.717) is 43.4 Å². The molecule has 1 aromatic carbocycles. The van der Waals surface area contributed by atoms with Gasteiger partial charge < -0.3 is 25.0 Å². The zero-order valence-electron chi connectivity index (χ0n) is 13.6. The summed E-state index contributed by atoms with van der Waals surface area (Å²) in [5, 5.41) is 23.6. The molecule has 4 N–H and O–H groups in total. The first-order chi connectivity index (χ1) is 12.0. The zero-order valence-corrected chi connectivity index (χ0v) is 13.6. The predicted molar refractivity (Wildman–Crippen MR) is 87.7 cm³/mol. The van der Waals surface area contributed by atoms with Crippen molar-refractivity contribution in [2.45, 2.75) is 18.6 Å². The van der Waals surface area contributed by atoms with Crippen LogP contribution in [-0.4, -0.2) is 72.1 Å². The third-order valence-electron chi connectivity index (χ3n) is 4.12. The number of carbonyl (C=O) groups is 2. The first-order valence-electron chi connectivity index (χ1n) is 8.08. The summed E-state index contributed by atoms with van der Waals surface area (Å²) < 4.78 is 10.8. The van der Waals surface area contributed by atoms with Crippen LogP contribution in [0.2, 0.25) is 0 Å². The molecular weight excluding hydrogens is 330 g/mol. The van der Waals surface area contributed by atoms with Gasteiger partial charge in [-0.3, -0.25) is 15.0 Å². The topological polar surface area (TPSA) is 120 Å². The lowest BCUT2D eigenvalue weighted by molar-refractivity contribution is -0.121. The second-order valence-electron chi connectivity index (χ2n) is 6.02. The second kappa shape index (κ2) is 7.68. The van der Waals surface area contributed by atoms with Crippen molar-refractivity contribution in [3.05, 3.63) is 18.2 Å². The van der Waals surface area contributed by atoms with E-state index in [1.807, 2.05) is 0 Å². The number of ether oxygens (including phenoxy) is 2. The van der Waals surface area contributed by atoms with E-state index in [0.717, 1.165) is 0 Å². The number of nitrogens with one attached hydrogen (secondary N) is 2. The van der Waals surface area contributed by atoms with Gasteiger partial charge in [0.05, 0.1) is 19.3 Å². The largest absolute Gasteiger partial charge is 0.486 e. The number of fused-ring (bicyclic) bond motifs is 1. The number of urea groups is 1. The fraction of sp³-hybridized carbons (Fsp3) is 0.500. The maximum atomic E-state index is 12.0. The minimum Gasteiger partial charge on any atom is -0.486 e.